The van der Waals surface area contributed by atoms with Gasteiger partial charge in [0.1, 0.15) is 0 Å². The van der Waals surface area contributed by atoms with Crippen molar-refractivity contribution < 1.29 is 0 Å². The molecule has 0 spiro atoms. The van der Waals surface area contributed by atoms with Crippen LogP contribution in [0, 0.1) is 0 Å². The van der Waals surface area contributed by atoms with Gasteiger partial charge >= 0.3 is 69.4 Å². The van der Waals surface area contributed by atoms with Crippen molar-refractivity contribution in [2.45, 2.75) is 0 Å². The molecular formula is C8H10NSe. The van der Waals surface area contributed by atoms with E-state index in [0.717, 1.165) is 0 Å². The van der Waals surface area contributed by atoms with Crippen molar-refractivity contribution in [2.75, 3.05) is 19.0 Å². The molecule has 0 unspecified atom stereocenters. The minimum absolute atomic E-state index is 1.19. The van der Waals surface area contributed by atoms with Crippen LogP contribution in [0.3, 0.4) is 0 Å². The molecule has 0 fully saturated rings. The van der Waals surface area contributed by atoms with Gasteiger partial charge in [-0.15, -0.1) is 0 Å². The molecule has 0 aliphatic carbocycles. The van der Waals surface area contributed by atoms with E-state index in [2.05, 4.69) is 33.0 Å². The van der Waals surface area contributed by atoms with Crippen LogP contribution in [-0.2, 0) is 0 Å². The molecule has 0 aliphatic rings. The number of benzene rings is 1. The summed E-state index contributed by atoms with van der Waals surface area (Å²) < 4.78 is 1.19. The van der Waals surface area contributed by atoms with Crippen molar-refractivity contribution >= 4 is 26.2 Å². The molecule has 53 valence electrons. The fourth-order valence-corrected chi connectivity index (χ4v) is 1.18. The van der Waals surface area contributed by atoms with Gasteiger partial charge in [0.25, 0.3) is 0 Å². The zero-order valence-corrected chi connectivity index (χ0v) is 7.88. The minimum atomic E-state index is 1.19. The predicted octanol–water partition coefficient (Wildman–Crippen LogP) is 0.546. The topological polar surface area (TPSA) is 3.24 Å². The summed E-state index contributed by atoms with van der Waals surface area (Å²) >= 11 is 2.97. The summed E-state index contributed by atoms with van der Waals surface area (Å²) in [6.45, 7) is 0. The van der Waals surface area contributed by atoms with Gasteiger partial charge in [0, 0.05) is 0 Å². The Balaban J connectivity index is 2.96. The second-order valence-corrected chi connectivity index (χ2v) is 3.38. The molecule has 0 saturated carbocycles. The Hall–Kier alpha value is -0.461. The maximum absolute atomic E-state index is 2.97. The Morgan fingerprint density at radius 1 is 1.30 bits per heavy atom. The van der Waals surface area contributed by atoms with Crippen LogP contribution >= 0.6 is 0 Å². The van der Waals surface area contributed by atoms with E-state index in [1.165, 1.54) is 10.1 Å². The molecule has 0 bridgehead atoms. The summed E-state index contributed by atoms with van der Waals surface area (Å²) in [5, 5.41) is 0. The van der Waals surface area contributed by atoms with Crippen molar-refractivity contribution in [3.63, 3.8) is 0 Å². The van der Waals surface area contributed by atoms with Crippen molar-refractivity contribution in [3.05, 3.63) is 24.3 Å². The Morgan fingerprint density at radius 2 is 2.00 bits per heavy atom. The van der Waals surface area contributed by atoms with Crippen LogP contribution < -0.4 is 9.36 Å². The van der Waals surface area contributed by atoms with Crippen molar-refractivity contribution in [1.82, 2.24) is 0 Å². The molecule has 1 aromatic rings. The molecule has 1 rings (SSSR count). The standard InChI is InChI=1S/C8H10NSe/c1-9(2)7-4-3-5-8(10)6-7/h3-6H,1-2H3. The molecular weight excluding hydrogens is 189 g/mol. The van der Waals surface area contributed by atoms with E-state index in [1.54, 1.807) is 0 Å². The summed E-state index contributed by atoms with van der Waals surface area (Å²) in [5.41, 5.74) is 1.23. The summed E-state index contributed by atoms with van der Waals surface area (Å²) in [7, 11) is 4.07. The van der Waals surface area contributed by atoms with Crippen LogP contribution in [0.4, 0.5) is 5.69 Å². The van der Waals surface area contributed by atoms with Crippen LogP contribution in [0.5, 0.6) is 0 Å². The van der Waals surface area contributed by atoms with E-state index in [-0.39, 0.29) is 0 Å². The van der Waals surface area contributed by atoms with Crippen molar-refractivity contribution in [3.8, 4) is 0 Å². The third-order valence-electron chi connectivity index (χ3n) is 1.33. The van der Waals surface area contributed by atoms with E-state index in [0.29, 0.717) is 0 Å². The monoisotopic (exact) mass is 200 g/mol. The first kappa shape index (κ1) is 7.64. The van der Waals surface area contributed by atoms with E-state index in [1.807, 2.05) is 26.2 Å². The van der Waals surface area contributed by atoms with E-state index >= 15 is 0 Å². The van der Waals surface area contributed by atoms with Crippen molar-refractivity contribution in [1.29, 1.82) is 0 Å². The second-order valence-electron chi connectivity index (χ2n) is 2.39. The predicted molar refractivity (Wildman–Crippen MR) is 46.2 cm³/mol. The molecule has 1 radical (unpaired) electrons. The quantitative estimate of drug-likeness (QED) is 0.597. The number of hydrogen-bond acceptors (Lipinski definition) is 1. The average molecular weight is 199 g/mol. The summed E-state index contributed by atoms with van der Waals surface area (Å²) in [4.78, 5) is 2.08. The van der Waals surface area contributed by atoms with E-state index < -0.39 is 0 Å². The number of nitrogens with zero attached hydrogens (tertiary/aromatic N) is 1. The number of rotatable bonds is 1. The third-order valence-corrected chi connectivity index (χ3v) is 1.87. The van der Waals surface area contributed by atoms with Gasteiger partial charge in [-0.3, -0.25) is 0 Å². The first-order chi connectivity index (χ1) is 4.70. The van der Waals surface area contributed by atoms with E-state index in [9.17, 15) is 0 Å². The zero-order chi connectivity index (χ0) is 7.56. The molecule has 2 heteroatoms. The first-order valence-electron chi connectivity index (χ1n) is 3.14. The molecule has 0 N–H and O–H groups in total. The van der Waals surface area contributed by atoms with Gasteiger partial charge in [0.15, 0.2) is 0 Å². The zero-order valence-electron chi connectivity index (χ0n) is 6.16. The van der Waals surface area contributed by atoms with Crippen LogP contribution in [0.1, 0.15) is 0 Å². The second kappa shape index (κ2) is 3.09. The van der Waals surface area contributed by atoms with Gasteiger partial charge < -0.3 is 0 Å². The van der Waals surface area contributed by atoms with Gasteiger partial charge in [0.2, 0.25) is 0 Å². The molecule has 1 nitrogen and oxygen atoms in total. The normalized spacial score (nSPS) is 9.40. The Kier molecular flexibility index (Phi) is 2.36. The molecule has 0 aliphatic heterocycles. The Labute approximate surface area is 69.9 Å². The molecule has 0 amide bonds. The van der Waals surface area contributed by atoms with Crippen LogP contribution in [0.25, 0.3) is 0 Å². The van der Waals surface area contributed by atoms with Crippen LogP contribution in [-0.4, -0.2) is 30.1 Å². The summed E-state index contributed by atoms with van der Waals surface area (Å²) in [6.07, 6.45) is 0. The fourth-order valence-electron chi connectivity index (χ4n) is 0.762. The van der Waals surface area contributed by atoms with Gasteiger partial charge in [-0.05, 0) is 0 Å². The van der Waals surface area contributed by atoms with E-state index in [4.69, 9.17) is 0 Å². The maximum atomic E-state index is 2.97. The van der Waals surface area contributed by atoms with Gasteiger partial charge in [0.05, 0.1) is 0 Å². The molecule has 10 heavy (non-hydrogen) atoms. The first-order valence-corrected chi connectivity index (χ1v) is 4.00. The average Bonchev–Trinajstić information content (AvgIpc) is 1.88. The van der Waals surface area contributed by atoms with Crippen LogP contribution in [0.2, 0.25) is 0 Å². The van der Waals surface area contributed by atoms with Crippen LogP contribution in [0.15, 0.2) is 24.3 Å². The SMILES string of the molecule is CN(C)c1cccc([Se])c1. The summed E-state index contributed by atoms with van der Waals surface area (Å²) in [5.74, 6) is 0. The Morgan fingerprint density at radius 3 is 2.40 bits per heavy atom. The van der Waals surface area contributed by atoms with Gasteiger partial charge in [-0.2, -0.15) is 0 Å². The molecule has 0 saturated heterocycles. The molecule has 0 aromatic heterocycles. The molecule has 0 atom stereocenters. The van der Waals surface area contributed by atoms with Crippen molar-refractivity contribution in [2.24, 2.45) is 0 Å². The number of anilines is 1. The third kappa shape index (κ3) is 1.76. The van der Waals surface area contributed by atoms with Gasteiger partial charge in [-0.1, -0.05) is 0 Å². The molecule has 1 aromatic carbocycles. The Bertz CT molecular complexity index is 220. The van der Waals surface area contributed by atoms with Gasteiger partial charge in [-0.25, -0.2) is 0 Å². The fraction of sp³-hybridized carbons (Fsp3) is 0.250. The number of hydrogen-bond donors (Lipinski definition) is 0. The summed E-state index contributed by atoms with van der Waals surface area (Å²) in [6, 6.07) is 8.29. The molecule has 0 heterocycles.